The Kier molecular flexibility index (Phi) is 6.98. The topological polar surface area (TPSA) is 70.2 Å². The number of ether oxygens (including phenoxy) is 1. The lowest BCUT2D eigenvalue weighted by Crippen LogP contribution is -2.49. The van der Waals surface area contributed by atoms with E-state index in [1.54, 1.807) is 24.3 Å². The fraction of sp³-hybridized carbons (Fsp3) is 0.348. The van der Waals surface area contributed by atoms with Gasteiger partial charge in [0.1, 0.15) is 11.9 Å². The van der Waals surface area contributed by atoms with E-state index < -0.39 is 23.7 Å². The Labute approximate surface area is 193 Å². The molecular formula is C23H23BrFN3O4. The zero-order valence-electron chi connectivity index (χ0n) is 17.4. The minimum Gasteiger partial charge on any atom is -0.379 e. The molecule has 9 heteroatoms. The molecule has 2 aliphatic rings. The molecule has 1 unspecified atom stereocenters. The Balaban J connectivity index is 1.58. The van der Waals surface area contributed by atoms with E-state index in [0.717, 1.165) is 22.5 Å². The van der Waals surface area contributed by atoms with Crippen molar-refractivity contribution >= 4 is 39.3 Å². The van der Waals surface area contributed by atoms with Crippen LogP contribution in [0, 0.1) is 5.82 Å². The number of nitrogens with zero attached hydrogens (tertiary/aromatic N) is 3. The van der Waals surface area contributed by atoms with Crippen LogP contribution in [0.3, 0.4) is 0 Å². The van der Waals surface area contributed by atoms with Crippen molar-refractivity contribution in [1.29, 1.82) is 0 Å². The molecule has 1 atom stereocenters. The van der Waals surface area contributed by atoms with Crippen LogP contribution in [-0.4, -0.2) is 73.0 Å². The molecule has 2 fully saturated rings. The summed E-state index contributed by atoms with van der Waals surface area (Å²) in [6, 6.07) is 11.2. The third kappa shape index (κ3) is 4.90. The number of carbonyl (C=O) groups excluding carboxylic acids is 3. The van der Waals surface area contributed by atoms with E-state index in [-0.39, 0.29) is 24.4 Å². The van der Waals surface area contributed by atoms with Crippen LogP contribution in [0.4, 0.5) is 10.1 Å². The Morgan fingerprint density at radius 2 is 1.72 bits per heavy atom. The Bertz CT molecular complexity index is 993. The second-order valence-electron chi connectivity index (χ2n) is 7.72. The lowest BCUT2D eigenvalue weighted by atomic mass is 10.1. The van der Waals surface area contributed by atoms with Crippen molar-refractivity contribution in [2.24, 2.45) is 0 Å². The number of rotatable bonds is 6. The van der Waals surface area contributed by atoms with Gasteiger partial charge in [-0.15, -0.1) is 0 Å². The highest BCUT2D eigenvalue weighted by Gasteiger charge is 2.44. The normalized spacial score (nSPS) is 19.4. The first kappa shape index (κ1) is 22.6. The minimum atomic E-state index is -0.912. The SMILES string of the molecule is O=C1CC(N(CCN2CCOCC2)C(=O)c2ccc(F)cc2)C(=O)N1c1ccc(Br)cc1. The smallest absolute Gasteiger partial charge is 0.257 e. The van der Waals surface area contributed by atoms with Crippen LogP contribution < -0.4 is 4.90 Å². The maximum Gasteiger partial charge on any atom is 0.257 e. The van der Waals surface area contributed by atoms with Crippen molar-refractivity contribution in [3.05, 3.63) is 64.4 Å². The summed E-state index contributed by atoms with van der Waals surface area (Å²) in [5.41, 5.74) is 0.740. The highest BCUT2D eigenvalue weighted by molar-refractivity contribution is 9.10. The summed E-state index contributed by atoms with van der Waals surface area (Å²) < 4.78 is 19.6. The standard InChI is InChI=1S/C23H23BrFN3O4/c24-17-3-7-19(8-4-17)28-21(29)15-20(23(28)31)27(10-9-26-11-13-32-14-12-26)22(30)16-1-5-18(25)6-2-16/h1-8,20H,9-15H2. The van der Waals surface area contributed by atoms with Crippen LogP contribution in [-0.2, 0) is 14.3 Å². The van der Waals surface area contributed by atoms with Crippen molar-refractivity contribution in [2.75, 3.05) is 44.3 Å². The van der Waals surface area contributed by atoms with Crippen molar-refractivity contribution in [1.82, 2.24) is 9.80 Å². The predicted molar refractivity (Wildman–Crippen MR) is 120 cm³/mol. The molecule has 0 aliphatic carbocycles. The monoisotopic (exact) mass is 503 g/mol. The fourth-order valence-corrected chi connectivity index (χ4v) is 4.22. The average molecular weight is 504 g/mol. The quantitative estimate of drug-likeness (QED) is 0.566. The fourth-order valence-electron chi connectivity index (χ4n) is 3.95. The molecule has 3 amide bonds. The van der Waals surface area contributed by atoms with Crippen LogP contribution >= 0.6 is 15.9 Å². The molecule has 2 saturated heterocycles. The first-order valence-electron chi connectivity index (χ1n) is 10.4. The van der Waals surface area contributed by atoms with Gasteiger partial charge in [-0.05, 0) is 48.5 Å². The number of imide groups is 1. The summed E-state index contributed by atoms with van der Waals surface area (Å²) in [7, 11) is 0. The number of hydrogen-bond donors (Lipinski definition) is 0. The number of halogens is 2. The Morgan fingerprint density at radius 1 is 1.06 bits per heavy atom. The van der Waals surface area contributed by atoms with Gasteiger partial charge in [0, 0.05) is 36.2 Å². The molecule has 0 radical (unpaired) electrons. The van der Waals surface area contributed by atoms with E-state index in [4.69, 9.17) is 4.74 Å². The van der Waals surface area contributed by atoms with Crippen molar-refractivity contribution in [3.8, 4) is 0 Å². The second kappa shape index (κ2) is 9.89. The first-order chi connectivity index (χ1) is 15.4. The highest BCUT2D eigenvalue weighted by atomic mass is 79.9. The number of amides is 3. The second-order valence-corrected chi connectivity index (χ2v) is 8.64. The number of benzene rings is 2. The maximum atomic E-state index is 13.4. The maximum absolute atomic E-state index is 13.4. The van der Waals surface area contributed by atoms with E-state index >= 15 is 0 Å². The minimum absolute atomic E-state index is 0.0923. The summed E-state index contributed by atoms with van der Waals surface area (Å²) in [5.74, 6) is -1.64. The molecule has 2 heterocycles. The zero-order valence-corrected chi connectivity index (χ0v) is 19.0. The number of hydrogen-bond acceptors (Lipinski definition) is 5. The molecular weight excluding hydrogens is 481 g/mol. The van der Waals surface area contributed by atoms with Crippen LogP contribution in [0.25, 0.3) is 0 Å². The van der Waals surface area contributed by atoms with E-state index in [2.05, 4.69) is 20.8 Å². The van der Waals surface area contributed by atoms with Gasteiger partial charge in [0.25, 0.3) is 11.8 Å². The molecule has 0 bridgehead atoms. The average Bonchev–Trinajstić information content (AvgIpc) is 3.09. The molecule has 2 aliphatic heterocycles. The van der Waals surface area contributed by atoms with Gasteiger partial charge in [0.15, 0.2) is 0 Å². The number of anilines is 1. The van der Waals surface area contributed by atoms with E-state index in [0.29, 0.717) is 25.4 Å². The van der Waals surface area contributed by atoms with Crippen molar-refractivity contribution in [3.63, 3.8) is 0 Å². The molecule has 2 aromatic carbocycles. The van der Waals surface area contributed by atoms with Gasteiger partial charge in [-0.3, -0.25) is 19.3 Å². The van der Waals surface area contributed by atoms with E-state index in [1.165, 1.54) is 29.2 Å². The van der Waals surface area contributed by atoms with Gasteiger partial charge in [0.05, 0.1) is 25.3 Å². The van der Waals surface area contributed by atoms with Gasteiger partial charge < -0.3 is 9.64 Å². The summed E-state index contributed by atoms with van der Waals surface area (Å²) >= 11 is 3.35. The lowest BCUT2D eigenvalue weighted by Gasteiger charge is -2.32. The largest absolute Gasteiger partial charge is 0.379 e. The number of carbonyl (C=O) groups is 3. The van der Waals surface area contributed by atoms with Crippen molar-refractivity contribution in [2.45, 2.75) is 12.5 Å². The molecule has 0 spiro atoms. The molecule has 0 aromatic heterocycles. The third-order valence-electron chi connectivity index (χ3n) is 5.70. The van der Waals surface area contributed by atoms with Crippen LogP contribution in [0.5, 0.6) is 0 Å². The summed E-state index contributed by atoms with van der Waals surface area (Å²) in [6.07, 6.45) is -0.0923. The van der Waals surface area contributed by atoms with E-state index in [9.17, 15) is 18.8 Å². The summed E-state index contributed by atoms with van der Waals surface area (Å²) in [5, 5.41) is 0. The Morgan fingerprint density at radius 3 is 2.38 bits per heavy atom. The summed E-state index contributed by atoms with van der Waals surface area (Å²) in [6.45, 7) is 3.52. The molecule has 4 rings (SSSR count). The Hall–Kier alpha value is -2.62. The number of morpholine rings is 1. The van der Waals surface area contributed by atoms with Gasteiger partial charge in [-0.2, -0.15) is 0 Å². The first-order valence-corrected chi connectivity index (χ1v) is 11.2. The third-order valence-corrected chi connectivity index (χ3v) is 6.23. The van der Waals surface area contributed by atoms with E-state index in [1.807, 2.05) is 0 Å². The predicted octanol–water partition coefficient (Wildman–Crippen LogP) is 2.69. The molecule has 0 saturated carbocycles. The van der Waals surface area contributed by atoms with Gasteiger partial charge in [-0.25, -0.2) is 9.29 Å². The van der Waals surface area contributed by atoms with Gasteiger partial charge in [-0.1, -0.05) is 15.9 Å². The highest BCUT2D eigenvalue weighted by Crippen LogP contribution is 2.28. The molecule has 0 N–H and O–H groups in total. The molecule has 168 valence electrons. The van der Waals surface area contributed by atoms with Crippen LogP contribution in [0.1, 0.15) is 16.8 Å². The molecule has 32 heavy (non-hydrogen) atoms. The lowest BCUT2D eigenvalue weighted by molar-refractivity contribution is -0.122. The van der Waals surface area contributed by atoms with Gasteiger partial charge >= 0.3 is 0 Å². The van der Waals surface area contributed by atoms with Gasteiger partial charge in [0.2, 0.25) is 5.91 Å². The van der Waals surface area contributed by atoms with Crippen LogP contribution in [0.15, 0.2) is 53.0 Å². The summed E-state index contributed by atoms with van der Waals surface area (Å²) in [4.78, 5) is 44.1. The van der Waals surface area contributed by atoms with Crippen LogP contribution in [0.2, 0.25) is 0 Å². The molecule has 7 nitrogen and oxygen atoms in total. The zero-order chi connectivity index (χ0) is 22.7. The molecule has 2 aromatic rings. The van der Waals surface area contributed by atoms with Crippen molar-refractivity contribution < 1.29 is 23.5 Å².